The van der Waals surface area contributed by atoms with Crippen LogP contribution in [-0.2, 0) is 23.8 Å². The third kappa shape index (κ3) is 9.34. The minimum Gasteiger partial charge on any atom is -0.466 e. The highest BCUT2D eigenvalue weighted by Gasteiger charge is 2.21. The van der Waals surface area contributed by atoms with Crippen molar-refractivity contribution in [3.63, 3.8) is 0 Å². The molecule has 1 rings (SSSR count). The number of unbranched alkanes of at least 4 members (excludes halogenated alkanes) is 4. The van der Waals surface area contributed by atoms with Crippen molar-refractivity contribution in [1.29, 1.82) is 0 Å². The average Bonchev–Trinajstić information content (AvgIpc) is 2.62. The highest BCUT2D eigenvalue weighted by atomic mass is 32.2. The summed E-state index contributed by atoms with van der Waals surface area (Å²) in [6.07, 6.45) is 7.15. The summed E-state index contributed by atoms with van der Waals surface area (Å²) >= 11 is 0. The van der Waals surface area contributed by atoms with Crippen LogP contribution >= 0.6 is 0 Å². The van der Waals surface area contributed by atoms with E-state index in [1.807, 2.05) is 0 Å². The Morgan fingerprint density at radius 3 is 2.27 bits per heavy atom. The minimum atomic E-state index is -3.78. The smallest absolute Gasteiger partial charge is 0.305 e. The number of carbonyl (C=O) groups is 1. The zero-order valence-electron chi connectivity index (χ0n) is 16.0. The molecule has 0 saturated heterocycles. The van der Waals surface area contributed by atoms with Gasteiger partial charge in [-0.2, -0.15) is 8.42 Å². The van der Waals surface area contributed by atoms with E-state index in [0.717, 1.165) is 19.3 Å². The second-order valence-corrected chi connectivity index (χ2v) is 7.96. The van der Waals surface area contributed by atoms with Crippen LogP contribution in [0.3, 0.4) is 0 Å². The third-order valence-corrected chi connectivity index (χ3v) is 5.51. The second-order valence-electron chi connectivity index (χ2n) is 6.39. The largest absolute Gasteiger partial charge is 0.466 e. The summed E-state index contributed by atoms with van der Waals surface area (Å²) in [4.78, 5) is 11.7. The molecule has 0 bridgehead atoms. The van der Waals surface area contributed by atoms with Crippen LogP contribution in [0.4, 0.5) is 0 Å². The molecule has 5 nitrogen and oxygen atoms in total. The molecule has 1 aromatic rings. The van der Waals surface area contributed by atoms with Crippen LogP contribution < -0.4 is 0 Å². The molecule has 6 heteroatoms. The number of carbonyl (C=O) groups excluding carboxylic acids is 1. The van der Waals surface area contributed by atoms with Gasteiger partial charge in [0.05, 0.1) is 17.6 Å². The van der Waals surface area contributed by atoms with Gasteiger partial charge in [-0.1, -0.05) is 57.2 Å². The van der Waals surface area contributed by atoms with Crippen molar-refractivity contribution in [3.05, 3.63) is 30.3 Å². The van der Waals surface area contributed by atoms with E-state index in [1.54, 1.807) is 25.1 Å². The number of esters is 1. The van der Waals surface area contributed by atoms with Crippen LogP contribution in [0.25, 0.3) is 0 Å². The average molecular weight is 385 g/mol. The molecule has 0 aliphatic carbocycles. The van der Waals surface area contributed by atoms with E-state index in [1.165, 1.54) is 25.0 Å². The molecule has 148 valence electrons. The van der Waals surface area contributed by atoms with Gasteiger partial charge in [-0.05, 0) is 38.3 Å². The molecule has 0 saturated carbocycles. The summed E-state index contributed by atoms with van der Waals surface area (Å²) in [6, 6.07) is 8.19. The first kappa shape index (κ1) is 22.6. The summed E-state index contributed by atoms with van der Waals surface area (Å²) in [5, 5.41) is 0. The standard InChI is InChI=1S/C20H32O5S/c1-3-5-6-7-9-13-18(14-12-17-20(21)24-4-2)25-26(22,23)19-15-10-8-11-16-19/h8,10-11,15-16,18H,3-7,9,12-14,17H2,1-2H3. The molecular weight excluding hydrogens is 352 g/mol. The summed E-state index contributed by atoms with van der Waals surface area (Å²) < 4.78 is 35.3. The Morgan fingerprint density at radius 1 is 0.962 bits per heavy atom. The highest BCUT2D eigenvalue weighted by Crippen LogP contribution is 2.21. The molecule has 1 unspecified atom stereocenters. The maximum atomic E-state index is 12.5. The van der Waals surface area contributed by atoms with Gasteiger partial charge in [0.2, 0.25) is 0 Å². The molecule has 0 radical (unpaired) electrons. The first-order valence-electron chi connectivity index (χ1n) is 9.63. The van der Waals surface area contributed by atoms with Gasteiger partial charge >= 0.3 is 5.97 Å². The number of rotatable bonds is 14. The van der Waals surface area contributed by atoms with E-state index >= 15 is 0 Å². The third-order valence-electron chi connectivity index (χ3n) is 4.14. The molecular formula is C20H32O5S. The van der Waals surface area contributed by atoms with Crippen LogP contribution in [0.15, 0.2) is 35.2 Å². The van der Waals surface area contributed by atoms with Gasteiger partial charge in [0.1, 0.15) is 0 Å². The zero-order valence-corrected chi connectivity index (χ0v) is 16.8. The van der Waals surface area contributed by atoms with E-state index in [0.29, 0.717) is 25.9 Å². The molecule has 0 aliphatic heterocycles. The molecule has 1 aromatic carbocycles. The van der Waals surface area contributed by atoms with Crippen molar-refractivity contribution in [3.8, 4) is 0 Å². The van der Waals surface area contributed by atoms with Crippen molar-refractivity contribution in [2.45, 2.75) is 82.6 Å². The first-order chi connectivity index (χ1) is 12.5. The predicted octanol–water partition coefficient (Wildman–Crippen LogP) is 4.85. The Hall–Kier alpha value is -1.40. The fraction of sp³-hybridized carbons (Fsp3) is 0.650. The van der Waals surface area contributed by atoms with Gasteiger partial charge in [0.15, 0.2) is 0 Å². The molecule has 0 aromatic heterocycles. The van der Waals surface area contributed by atoms with E-state index in [2.05, 4.69) is 6.92 Å². The number of benzene rings is 1. The molecule has 1 atom stereocenters. The molecule has 0 amide bonds. The summed E-state index contributed by atoms with van der Waals surface area (Å²) in [5.74, 6) is -0.250. The quantitative estimate of drug-likeness (QED) is 0.260. The monoisotopic (exact) mass is 384 g/mol. The lowest BCUT2D eigenvalue weighted by Crippen LogP contribution is -2.19. The molecule has 0 heterocycles. The van der Waals surface area contributed by atoms with Crippen molar-refractivity contribution in [2.75, 3.05) is 6.61 Å². The number of hydrogen-bond donors (Lipinski definition) is 0. The summed E-state index contributed by atoms with van der Waals surface area (Å²) in [6.45, 7) is 4.29. The topological polar surface area (TPSA) is 69.7 Å². The SMILES string of the molecule is CCCCCCCC(CCCC(=O)OCC)OS(=O)(=O)c1ccccc1. The Kier molecular flexibility index (Phi) is 11.2. The maximum Gasteiger partial charge on any atom is 0.305 e. The minimum absolute atomic E-state index is 0.168. The van der Waals surface area contributed by atoms with Crippen LogP contribution in [0, 0.1) is 0 Å². The lowest BCUT2D eigenvalue weighted by Gasteiger charge is -2.17. The molecule has 0 fully saturated rings. The van der Waals surface area contributed by atoms with Crippen molar-refractivity contribution in [1.82, 2.24) is 0 Å². The normalized spacial score (nSPS) is 12.7. The Labute approximate surface area is 158 Å². The van der Waals surface area contributed by atoms with E-state index in [9.17, 15) is 13.2 Å². The highest BCUT2D eigenvalue weighted by molar-refractivity contribution is 7.86. The summed E-state index contributed by atoms with van der Waals surface area (Å²) in [5.41, 5.74) is 0. The molecule has 26 heavy (non-hydrogen) atoms. The second kappa shape index (κ2) is 12.9. The lowest BCUT2D eigenvalue weighted by atomic mass is 10.0. The van der Waals surface area contributed by atoms with Gasteiger partial charge in [-0.15, -0.1) is 0 Å². The summed E-state index contributed by atoms with van der Waals surface area (Å²) in [7, 11) is -3.78. The number of hydrogen-bond acceptors (Lipinski definition) is 5. The molecule has 0 N–H and O–H groups in total. The van der Waals surface area contributed by atoms with Gasteiger partial charge in [-0.25, -0.2) is 0 Å². The van der Waals surface area contributed by atoms with E-state index < -0.39 is 16.2 Å². The van der Waals surface area contributed by atoms with Gasteiger partial charge < -0.3 is 4.74 Å². The first-order valence-corrected chi connectivity index (χ1v) is 11.0. The lowest BCUT2D eigenvalue weighted by molar-refractivity contribution is -0.143. The van der Waals surface area contributed by atoms with Crippen LogP contribution in [0.1, 0.15) is 71.6 Å². The number of ether oxygens (including phenoxy) is 1. The molecule has 0 aliphatic rings. The molecule has 0 spiro atoms. The van der Waals surface area contributed by atoms with Crippen molar-refractivity contribution >= 4 is 16.1 Å². The van der Waals surface area contributed by atoms with Crippen LogP contribution in [0.2, 0.25) is 0 Å². The fourth-order valence-electron chi connectivity index (χ4n) is 2.75. The van der Waals surface area contributed by atoms with Crippen LogP contribution in [0.5, 0.6) is 0 Å². The Bertz CT molecular complexity index is 598. The Morgan fingerprint density at radius 2 is 1.62 bits per heavy atom. The van der Waals surface area contributed by atoms with Crippen molar-refractivity contribution < 1.29 is 22.1 Å². The van der Waals surface area contributed by atoms with Gasteiger partial charge in [0, 0.05) is 6.42 Å². The Balaban J connectivity index is 2.59. The zero-order chi connectivity index (χ0) is 19.3. The fourth-order valence-corrected chi connectivity index (χ4v) is 3.90. The predicted molar refractivity (Wildman–Crippen MR) is 102 cm³/mol. The maximum absolute atomic E-state index is 12.5. The van der Waals surface area contributed by atoms with E-state index in [4.69, 9.17) is 8.92 Å². The van der Waals surface area contributed by atoms with Gasteiger partial charge in [-0.3, -0.25) is 8.98 Å². The van der Waals surface area contributed by atoms with Crippen molar-refractivity contribution in [2.24, 2.45) is 0 Å². The van der Waals surface area contributed by atoms with Gasteiger partial charge in [0.25, 0.3) is 10.1 Å². The van der Waals surface area contributed by atoms with E-state index in [-0.39, 0.29) is 17.3 Å². The van der Waals surface area contributed by atoms with Crippen LogP contribution in [-0.4, -0.2) is 27.1 Å².